The Hall–Kier alpha value is -1.17. The van der Waals surface area contributed by atoms with Crippen molar-refractivity contribution in [3.63, 3.8) is 0 Å². The van der Waals surface area contributed by atoms with Crippen molar-refractivity contribution in [1.82, 2.24) is 9.97 Å². The Bertz CT molecular complexity index is 422. The number of anilines is 2. The third kappa shape index (κ3) is 3.91. The largest absolute Gasteiger partial charge is 0.476 e. The van der Waals surface area contributed by atoms with Gasteiger partial charge in [-0.05, 0) is 38.4 Å². The summed E-state index contributed by atoms with van der Waals surface area (Å²) < 4.78 is 5.53. The number of aromatic nitrogens is 2. The van der Waals surface area contributed by atoms with Crippen LogP contribution in [0.2, 0.25) is 0 Å². The number of ether oxygens (including phenoxy) is 1. The summed E-state index contributed by atoms with van der Waals surface area (Å²) in [5, 5.41) is 4.25. The molecule has 3 N–H and O–H groups in total. The second-order valence-electron chi connectivity index (χ2n) is 5.14. The van der Waals surface area contributed by atoms with Gasteiger partial charge in [-0.3, -0.25) is 0 Å². The second kappa shape index (κ2) is 7.57. The van der Waals surface area contributed by atoms with Crippen LogP contribution in [-0.4, -0.2) is 34.1 Å². The van der Waals surface area contributed by atoms with Gasteiger partial charge in [-0.25, -0.2) is 4.98 Å². The Morgan fingerprint density at radius 1 is 1.35 bits per heavy atom. The van der Waals surface area contributed by atoms with Gasteiger partial charge in [0.1, 0.15) is 12.0 Å². The molecule has 1 saturated carbocycles. The van der Waals surface area contributed by atoms with Gasteiger partial charge in [0.2, 0.25) is 5.88 Å². The van der Waals surface area contributed by atoms with Crippen molar-refractivity contribution in [2.75, 3.05) is 23.9 Å². The van der Waals surface area contributed by atoms with E-state index >= 15 is 0 Å². The van der Waals surface area contributed by atoms with Crippen molar-refractivity contribution >= 4 is 23.3 Å². The van der Waals surface area contributed by atoms with Gasteiger partial charge in [0.05, 0.1) is 6.61 Å². The Morgan fingerprint density at radius 3 is 2.75 bits per heavy atom. The van der Waals surface area contributed by atoms with Crippen LogP contribution in [0.25, 0.3) is 0 Å². The van der Waals surface area contributed by atoms with Crippen LogP contribution in [0.15, 0.2) is 6.33 Å². The predicted octanol–water partition coefficient (Wildman–Crippen LogP) is 2.93. The van der Waals surface area contributed by atoms with Gasteiger partial charge < -0.3 is 15.8 Å². The van der Waals surface area contributed by atoms with Gasteiger partial charge in [0, 0.05) is 11.3 Å². The number of thioether (sulfide) groups is 1. The maximum Gasteiger partial charge on any atom is 0.242 e. The van der Waals surface area contributed by atoms with Gasteiger partial charge in [-0.2, -0.15) is 16.7 Å². The summed E-state index contributed by atoms with van der Waals surface area (Å²) in [6.07, 6.45) is 9.48. The summed E-state index contributed by atoms with van der Waals surface area (Å²) in [5.74, 6) is 1.20. The van der Waals surface area contributed by atoms with Crippen molar-refractivity contribution in [3.8, 4) is 5.88 Å². The van der Waals surface area contributed by atoms with E-state index in [1.54, 1.807) is 0 Å². The highest BCUT2D eigenvalue weighted by Crippen LogP contribution is 2.31. The zero-order valence-electron chi connectivity index (χ0n) is 12.3. The molecule has 112 valence electrons. The lowest BCUT2D eigenvalue weighted by molar-refractivity contribution is 0.306. The van der Waals surface area contributed by atoms with E-state index in [4.69, 9.17) is 10.5 Å². The van der Waals surface area contributed by atoms with Crippen LogP contribution in [0.4, 0.5) is 11.5 Å². The molecule has 0 amide bonds. The molecule has 0 unspecified atom stereocenters. The first-order chi connectivity index (χ1) is 9.74. The van der Waals surface area contributed by atoms with Gasteiger partial charge in [0.25, 0.3) is 0 Å². The first-order valence-electron chi connectivity index (χ1n) is 7.27. The molecule has 1 aromatic heterocycles. The fourth-order valence-electron chi connectivity index (χ4n) is 2.44. The van der Waals surface area contributed by atoms with E-state index in [2.05, 4.69) is 28.5 Å². The molecule has 0 saturated heterocycles. The number of nitrogens with one attached hydrogen (secondary N) is 1. The number of nitrogen functional groups attached to an aromatic ring is 1. The van der Waals surface area contributed by atoms with Crippen LogP contribution in [0, 0.1) is 0 Å². The van der Waals surface area contributed by atoms with Gasteiger partial charge in [-0.1, -0.05) is 6.92 Å². The molecule has 20 heavy (non-hydrogen) atoms. The lowest BCUT2D eigenvalue weighted by Crippen LogP contribution is -2.28. The molecule has 0 bridgehead atoms. The van der Waals surface area contributed by atoms with Crippen molar-refractivity contribution in [3.05, 3.63) is 6.33 Å². The van der Waals surface area contributed by atoms with Crippen LogP contribution >= 0.6 is 11.8 Å². The zero-order chi connectivity index (χ0) is 14.4. The number of hydrogen-bond donors (Lipinski definition) is 2. The Labute approximate surface area is 125 Å². The fourth-order valence-corrected chi connectivity index (χ4v) is 3.19. The highest BCUT2D eigenvalue weighted by molar-refractivity contribution is 7.99. The number of rotatable bonds is 6. The quantitative estimate of drug-likeness (QED) is 0.841. The molecule has 0 atom stereocenters. The maximum absolute atomic E-state index is 6.08. The summed E-state index contributed by atoms with van der Waals surface area (Å²) in [7, 11) is 0. The third-order valence-corrected chi connectivity index (χ3v) is 4.78. The molecule has 0 radical (unpaired) electrons. The Balaban J connectivity index is 1.95. The average molecular weight is 296 g/mol. The number of nitrogens with two attached hydrogens (primary N) is 1. The molecule has 1 heterocycles. The van der Waals surface area contributed by atoms with Crippen LogP contribution in [0.5, 0.6) is 5.88 Å². The molecule has 1 aliphatic carbocycles. The summed E-state index contributed by atoms with van der Waals surface area (Å²) in [6.45, 7) is 2.68. The summed E-state index contributed by atoms with van der Waals surface area (Å²) in [6, 6.07) is 0.453. The monoisotopic (exact) mass is 296 g/mol. The minimum absolute atomic E-state index is 0.453. The normalized spacial score (nSPS) is 22.5. The fraction of sp³-hybridized carbons (Fsp3) is 0.714. The molecular weight excluding hydrogens is 272 g/mol. The van der Waals surface area contributed by atoms with E-state index < -0.39 is 0 Å². The minimum atomic E-state index is 0.453. The first kappa shape index (κ1) is 15.2. The van der Waals surface area contributed by atoms with Crippen molar-refractivity contribution in [1.29, 1.82) is 0 Å². The lowest BCUT2D eigenvalue weighted by Gasteiger charge is -2.28. The van der Waals surface area contributed by atoms with E-state index in [0.717, 1.165) is 11.7 Å². The summed E-state index contributed by atoms with van der Waals surface area (Å²) in [5.41, 5.74) is 6.60. The van der Waals surface area contributed by atoms with E-state index in [-0.39, 0.29) is 0 Å². The van der Waals surface area contributed by atoms with E-state index in [1.807, 2.05) is 11.8 Å². The third-order valence-electron chi connectivity index (χ3n) is 3.64. The highest BCUT2D eigenvalue weighted by atomic mass is 32.2. The van der Waals surface area contributed by atoms with Gasteiger partial charge >= 0.3 is 0 Å². The number of hydrogen-bond acceptors (Lipinski definition) is 6. The van der Waals surface area contributed by atoms with Crippen LogP contribution in [-0.2, 0) is 0 Å². The summed E-state index contributed by atoms with van der Waals surface area (Å²) >= 11 is 1.97. The minimum Gasteiger partial charge on any atom is -0.476 e. The van der Waals surface area contributed by atoms with Crippen LogP contribution in [0.1, 0.15) is 39.0 Å². The molecule has 2 rings (SSSR count). The SMILES string of the molecule is CCCOc1ncnc(NC2CCC(SC)CC2)c1N. The molecule has 6 heteroatoms. The molecule has 0 aliphatic heterocycles. The van der Waals surface area contributed by atoms with Crippen LogP contribution in [0.3, 0.4) is 0 Å². The topological polar surface area (TPSA) is 73.1 Å². The standard InChI is InChI=1S/C14H24N4OS/c1-3-8-19-14-12(15)13(16-9-17-14)18-10-4-6-11(20-2)7-5-10/h9-11H,3-8,15H2,1-2H3,(H,16,17,18). The van der Waals surface area contributed by atoms with Crippen LogP contribution < -0.4 is 15.8 Å². The van der Waals surface area contributed by atoms with Gasteiger partial charge in [0.15, 0.2) is 5.82 Å². The molecule has 1 aliphatic rings. The van der Waals surface area contributed by atoms with Crippen molar-refractivity contribution in [2.24, 2.45) is 0 Å². The molecule has 5 nitrogen and oxygen atoms in total. The Morgan fingerprint density at radius 2 is 2.10 bits per heavy atom. The summed E-state index contributed by atoms with van der Waals surface area (Å²) in [4.78, 5) is 8.34. The van der Waals surface area contributed by atoms with E-state index in [1.165, 1.54) is 32.0 Å². The van der Waals surface area contributed by atoms with Crippen molar-refractivity contribution < 1.29 is 4.74 Å². The molecular formula is C14H24N4OS. The molecule has 1 aromatic rings. The number of nitrogens with zero attached hydrogens (tertiary/aromatic N) is 2. The predicted molar refractivity (Wildman–Crippen MR) is 85.4 cm³/mol. The smallest absolute Gasteiger partial charge is 0.242 e. The molecule has 0 aromatic carbocycles. The maximum atomic E-state index is 6.08. The molecule has 1 fully saturated rings. The zero-order valence-corrected chi connectivity index (χ0v) is 13.1. The van der Waals surface area contributed by atoms with E-state index in [9.17, 15) is 0 Å². The second-order valence-corrected chi connectivity index (χ2v) is 6.28. The highest BCUT2D eigenvalue weighted by Gasteiger charge is 2.21. The average Bonchev–Trinajstić information content (AvgIpc) is 2.49. The van der Waals surface area contributed by atoms with Crippen molar-refractivity contribution in [2.45, 2.75) is 50.3 Å². The Kier molecular flexibility index (Phi) is 5.76. The van der Waals surface area contributed by atoms with Gasteiger partial charge in [-0.15, -0.1) is 0 Å². The molecule has 0 spiro atoms. The van der Waals surface area contributed by atoms with E-state index in [0.29, 0.717) is 30.0 Å². The first-order valence-corrected chi connectivity index (χ1v) is 8.56. The lowest BCUT2D eigenvalue weighted by atomic mass is 9.95.